The van der Waals surface area contributed by atoms with Crippen molar-refractivity contribution in [3.8, 4) is 11.1 Å². The quantitative estimate of drug-likeness (QED) is 0.261. The van der Waals surface area contributed by atoms with E-state index in [0.717, 1.165) is 5.56 Å². The average Bonchev–Trinajstić information content (AvgIpc) is 2.78. The highest BCUT2D eigenvalue weighted by Crippen LogP contribution is 2.35. The number of carbonyl (C=O) groups excluding carboxylic acids is 1. The standard InChI is InChI=1S/C25H20N2O4S/c28-24(16-18-8-2-1-3-9-18)27-26-17-20-11-5-6-12-21(20)23-15-14-19-10-4-7-13-22(19)25(23)32(29,30)31/h1-15,17H,16H2,(H,27,28)(H,29,30,31). The Labute approximate surface area is 186 Å². The largest absolute Gasteiger partial charge is 0.295 e. The minimum Gasteiger partial charge on any atom is -0.282 e. The zero-order valence-electron chi connectivity index (χ0n) is 17.0. The lowest BCUT2D eigenvalue weighted by molar-refractivity contribution is -0.120. The lowest BCUT2D eigenvalue weighted by Crippen LogP contribution is -2.19. The summed E-state index contributed by atoms with van der Waals surface area (Å²) in [6, 6.07) is 26.8. The van der Waals surface area contributed by atoms with Gasteiger partial charge >= 0.3 is 0 Å². The van der Waals surface area contributed by atoms with Crippen LogP contribution in [0.25, 0.3) is 21.9 Å². The summed E-state index contributed by atoms with van der Waals surface area (Å²) in [4.78, 5) is 12.0. The van der Waals surface area contributed by atoms with Crippen molar-refractivity contribution in [3.05, 3.63) is 102 Å². The molecule has 0 aliphatic rings. The molecule has 0 unspecified atom stereocenters. The summed E-state index contributed by atoms with van der Waals surface area (Å²) < 4.78 is 34.6. The number of nitrogens with one attached hydrogen (secondary N) is 1. The lowest BCUT2D eigenvalue weighted by Gasteiger charge is -2.13. The highest BCUT2D eigenvalue weighted by molar-refractivity contribution is 7.86. The summed E-state index contributed by atoms with van der Waals surface area (Å²) in [6.45, 7) is 0. The maximum Gasteiger partial charge on any atom is 0.295 e. The van der Waals surface area contributed by atoms with Crippen LogP contribution in [0.15, 0.2) is 101 Å². The molecule has 0 heterocycles. The Morgan fingerprint density at radius 3 is 2.31 bits per heavy atom. The van der Waals surface area contributed by atoms with E-state index >= 15 is 0 Å². The predicted octanol–water partition coefficient (Wildman–Crippen LogP) is 4.45. The van der Waals surface area contributed by atoms with Crippen LogP contribution in [-0.2, 0) is 21.3 Å². The minimum atomic E-state index is -4.51. The Bertz CT molecular complexity index is 1410. The van der Waals surface area contributed by atoms with Gasteiger partial charge in [-0.3, -0.25) is 9.35 Å². The highest BCUT2D eigenvalue weighted by Gasteiger charge is 2.21. The molecule has 2 N–H and O–H groups in total. The highest BCUT2D eigenvalue weighted by atomic mass is 32.2. The van der Waals surface area contributed by atoms with E-state index in [0.29, 0.717) is 27.5 Å². The van der Waals surface area contributed by atoms with Crippen LogP contribution < -0.4 is 5.43 Å². The second kappa shape index (κ2) is 9.13. The number of hydrazone groups is 1. The van der Waals surface area contributed by atoms with Crippen LogP contribution in [0, 0.1) is 0 Å². The maximum absolute atomic E-state index is 12.3. The Balaban J connectivity index is 1.68. The second-order valence-electron chi connectivity index (χ2n) is 7.18. The van der Waals surface area contributed by atoms with Crippen LogP contribution in [-0.4, -0.2) is 25.1 Å². The zero-order chi connectivity index (χ0) is 22.6. The fourth-order valence-corrected chi connectivity index (χ4v) is 4.50. The molecule has 0 bridgehead atoms. The van der Waals surface area contributed by atoms with Crippen molar-refractivity contribution in [1.82, 2.24) is 5.43 Å². The monoisotopic (exact) mass is 444 g/mol. The van der Waals surface area contributed by atoms with Crippen molar-refractivity contribution < 1.29 is 17.8 Å². The summed E-state index contributed by atoms with van der Waals surface area (Å²) in [5.74, 6) is -0.269. The molecular weight excluding hydrogens is 424 g/mol. The first-order valence-electron chi connectivity index (χ1n) is 9.88. The van der Waals surface area contributed by atoms with Crippen molar-refractivity contribution in [3.63, 3.8) is 0 Å². The molecule has 1 amide bonds. The minimum absolute atomic E-state index is 0.162. The van der Waals surface area contributed by atoms with Crippen LogP contribution in [0.5, 0.6) is 0 Å². The molecule has 4 aromatic carbocycles. The molecule has 4 rings (SSSR count). The molecule has 0 aliphatic carbocycles. The Kier molecular flexibility index (Phi) is 6.11. The van der Waals surface area contributed by atoms with E-state index in [1.807, 2.05) is 30.3 Å². The van der Waals surface area contributed by atoms with Gasteiger partial charge in [-0.15, -0.1) is 0 Å². The fourth-order valence-electron chi connectivity index (χ4n) is 3.58. The average molecular weight is 445 g/mol. The lowest BCUT2D eigenvalue weighted by atomic mass is 9.97. The number of hydrogen-bond acceptors (Lipinski definition) is 4. The van der Waals surface area contributed by atoms with Crippen molar-refractivity contribution in [1.29, 1.82) is 0 Å². The first-order chi connectivity index (χ1) is 15.4. The van der Waals surface area contributed by atoms with Gasteiger partial charge in [0.15, 0.2) is 0 Å². The molecule has 6 nitrogen and oxygen atoms in total. The topological polar surface area (TPSA) is 95.8 Å². The third-order valence-corrected chi connectivity index (χ3v) is 5.94. The maximum atomic E-state index is 12.3. The van der Waals surface area contributed by atoms with E-state index in [4.69, 9.17) is 0 Å². The molecule has 7 heteroatoms. The van der Waals surface area contributed by atoms with Crippen LogP contribution in [0.1, 0.15) is 11.1 Å². The summed E-state index contributed by atoms with van der Waals surface area (Å²) in [6.07, 6.45) is 1.65. The first-order valence-corrected chi connectivity index (χ1v) is 11.3. The third kappa shape index (κ3) is 4.74. The van der Waals surface area contributed by atoms with Crippen molar-refractivity contribution in [2.75, 3.05) is 0 Å². The zero-order valence-corrected chi connectivity index (χ0v) is 17.8. The van der Waals surface area contributed by atoms with Gasteiger partial charge in [-0.1, -0.05) is 91.0 Å². The van der Waals surface area contributed by atoms with Gasteiger partial charge in [-0.05, 0) is 16.5 Å². The molecule has 0 aromatic heterocycles. The van der Waals surface area contributed by atoms with Gasteiger partial charge in [-0.2, -0.15) is 13.5 Å². The first kappa shape index (κ1) is 21.4. The van der Waals surface area contributed by atoms with Crippen LogP contribution in [0.4, 0.5) is 0 Å². The second-order valence-corrected chi connectivity index (χ2v) is 8.54. The molecule has 0 aliphatic heterocycles. The van der Waals surface area contributed by atoms with Gasteiger partial charge in [0.2, 0.25) is 5.91 Å². The summed E-state index contributed by atoms with van der Waals surface area (Å²) >= 11 is 0. The number of amides is 1. The molecule has 32 heavy (non-hydrogen) atoms. The van der Waals surface area contributed by atoms with E-state index in [-0.39, 0.29) is 17.2 Å². The third-order valence-electron chi connectivity index (χ3n) is 4.99. The number of nitrogens with zero attached hydrogens (tertiary/aromatic N) is 1. The summed E-state index contributed by atoms with van der Waals surface area (Å²) in [7, 11) is -4.51. The molecule has 4 aromatic rings. The number of hydrogen-bond donors (Lipinski definition) is 2. The van der Waals surface area contributed by atoms with E-state index < -0.39 is 10.1 Å². The van der Waals surface area contributed by atoms with Crippen LogP contribution >= 0.6 is 0 Å². The Hall–Kier alpha value is -3.81. The number of benzene rings is 4. The predicted molar refractivity (Wildman–Crippen MR) is 125 cm³/mol. The molecular formula is C25H20N2O4S. The van der Waals surface area contributed by atoms with Gasteiger partial charge in [0.1, 0.15) is 4.90 Å². The van der Waals surface area contributed by atoms with Crippen molar-refractivity contribution >= 4 is 33.0 Å². The molecule has 0 radical (unpaired) electrons. The van der Waals surface area contributed by atoms with Crippen molar-refractivity contribution in [2.24, 2.45) is 5.10 Å². The van der Waals surface area contributed by atoms with Gasteiger partial charge in [0.25, 0.3) is 10.1 Å². The Morgan fingerprint density at radius 1 is 0.844 bits per heavy atom. The normalized spacial score (nSPS) is 11.7. The smallest absolute Gasteiger partial charge is 0.282 e. The molecule has 0 saturated heterocycles. The molecule has 0 saturated carbocycles. The van der Waals surface area contributed by atoms with E-state index in [9.17, 15) is 17.8 Å². The van der Waals surface area contributed by atoms with Crippen molar-refractivity contribution in [2.45, 2.75) is 11.3 Å². The Morgan fingerprint density at radius 2 is 1.53 bits per heavy atom. The van der Waals surface area contributed by atoms with Gasteiger partial charge < -0.3 is 0 Å². The molecule has 0 spiro atoms. The number of rotatable bonds is 6. The number of carbonyl (C=O) groups is 1. The van der Waals surface area contributed by atoms with E-state index in [1.54, 1.807) is 60.7 Å². The molecule has 0 atom stereocenters. The van der Waals surface area contributed by atoms with E-state index in [1.165, 1.54) is 6.21 Å². The van der Waals surface area contributed by atoms with Gasteiger partial charge in [0.05, 0.1) is 12.6 Å². The van der Waals surface area contributed by atoms with Gasteiger partial charge in [0, 0.05) is 16.5 Å². The summed E-state index contributed by atoms with van der Waals surface area (Å²) in [5, 5.41) is 5.17. The van der Waals surface area contributed by atoms with Gasteiger partial charge in [-0.25, -0.2) is 5.43 Å². The number of fused-ring (bicyclic) bond motifs is 1. The summed E-state index contributed by atoms with van der Waals surface area (Å²) in [5.41, 5.74) is 4.87. The van der Waals surface area contributed by atoms with Crippen LogP contribution in [0.2, 0.25) is 0 Å². The van der Waals surface area contributed by atoms with Crippen LogP contribution in [0.3, 0.4) is 0 Å². The molecule has 160 valence electrons. The van der Waals surface area contributed by atoms with E-state index in [2.05, 4.69) is 10.5 Å². The fraction of sp³-hybridized carbons (Fsp3) is 0.0400. The SMILES string of the molecule is O=C(Cc1ccccc1)NN=Cc1ccccc1-c1ccc2ccccc2c1S(=O)(=O)O. The molecule has 0 fully saturated rings.